The molecular formula is C69H108N6O38S6. The number of rotatable bonds is 43. The third-order valence-electron chi connectivity index (χ3n) is 15.8. The Morgan fingerprint density at radius 1 is 0.437 bits per heavy atom. The van der Waals surface area contributed by atoms with E-state index in [4.69, 9.17) is 72.0 Å². The highest BCUT2D eigenvalue weighted by atomic mass is 32.3. The number of sulfonamides is 4. The van der Waals surface area contributed by atoms with Crippen LogP contribution in [0.25, 0.3) is 0 Å². The number of nitrogens with two attached hydrogens (primary N) is 1. The Balaban J connectivity index is 0.000000985. The van der Waals surface area contributed by atoms with Gasteiger partial charge in [-0.25, -0.2) is 96.3 Å². The molecule has 0 bridgehead atoms. The van der Waals surface area contributed by atoms with Crippen molar-refractivity contribution < 1.29 is 177 Å². The van der Waals surface area contributed by atoms with Crippen molar-refractivity contribution in [2.45, 2.75) is 259 Å². The average molecular weight is 1820 g/mol. The van der Waals surface area contributed by atoms with E-state index < -0.39 is 207 Å². The van der Waals surface area contributed by atoms with E-state index in [-0.39, 0.29) is 64.1 Å². The molecule has 0 fully saturated rings. The van der Waals surface area contributed by atoms with Crippen molar-refractivity contribution in [1.82, 2.24) is 24.0 Å². The molecule has 0 aliphatic carbocycles. The number of nitrogens with zero attached hydrogens (tertiary/aromatic N) is 2. The van der Waals surface area contributed by atoms with E-state index in [0.29, 0.717) is 86.8 Å². The van der Waals surface area contributed by atoms with Gasteiger partial charge in [0.1, 0.15) is 16.8 Å². The number of ether oxygens (including phenoxy) is 14. The Morgan fingerprint density at radius 2 is 0.689 bits per heavy atom. The highest BCUT2D eigenvalue weighted by Gasteiger charge is 2.43. The van der Waals surface area contributed by atoms with Crippen LogP contribution in [0.3, 0.4) is 0 Å². The molecule has 2 aromatic rings. The van der Waals surface area contributed by atoms with Crippen LogP contribution >= 0.6 is 22.7 Å². The van der Waals surface area contributed by atoms with Gasteiger partial charge in [0.15, 0.2) is 73.2 Å². The van der Waals surface area contributed by atoms with Gasteiger partial charge in [-0.05, 0) is 134 Å². The van der Waals surface area contributed by atoms with E-state index in [0.717, 1.165) is 62.3 Å². The molecule has 119 heavy (non-hydrogen) atoms. The summed E-state index contributed by atoms with van der Waals surface area (Å²) in [5, 5.41) is 19.7. The molecule has 0 spiro atoms. The van der Waals surface area contributed by atoms with Crippen molar-refractivity contribution in [1.29, 1.82) is 0 Å². The van der Waals surface area contributed by atoms with Crippen LogP contribution in [0.1, 0.15) is 180 Å². The molecule has 50 heteroatoms. The maximum absolute atomic E-state index is 13.4. The number of likely N-dealkylation sites (N-methyl/N-ethyl adjacent to an activating group) is 2. The lowest BCUT2D eigenvalue weighted by molar-refractivity contribution is -0.244. The molecule has 0 aromatic carbocycles. The zero-order valence-electron chi connectivity index (χ0n) is 68.1. The number of carbonyl (C=O) groups is 14. The Hall–Kier alpha value is -8.54. The van der Waals surface area contributed by atoms with Crippen LogP contribution in [0.15, 0.2) is 29.0 Å². The Labute approximate surface area is 697 Å². The van der Waals surface area contributed by atoms with Gasteiger partial charge >= 0.3 is 77.6 Å². The highest BCUT2D eigenvalue weighted by molar-refractivity contribution is 7.94. The predicted molar refractivity (Wildman–Crippen MR) is 411 cm³/mol. The minimum absolute atomic E-state index is 0. The van der Waals surface area contributed by atoms with Crippen LogP contribution in [0, 0.1) is 0 Å². The summed E-state index contributed by atoms with van der Waals surface area (Å²) in [6.45, 7) is 23.4. The van der Waals surface area contributed by atoms with Gasteiger partial charge in [0.05, 0.1) is 0 Å². The summed E-state index contributed by atoms with van der Waals surface area (Å²) >= 11 is 1.17. The van der Waals surface area contributed by atoms with Gasteiger partial charge in [-0.2, -0.15) is 13.9 Å². The number of thiophene rings is 2. The first-order chi connectivity index (χ1) is 54.8. The lowest BCUT2D eigenvalue weighted by atomic mass is 10.1. The number of esters is 12. The molecule has 6 N–H and O–H groups in total. The summed E-state index contributed by atoms with van der Waals surface area (Å²) in [7, 11) is -13.4. The smallest absolute Gasteiger partial charge is 0.381 e. The number of amides is 1. The fraction of sp³-hybridized carbons (Fsp3) is 0.681. The zero-order valence-corrected chi connectivity index (χ0v) is 73.0. The van der Waals surface area contributed by atoms with Gasteiger partial charge in [-0.15, -0.1) is 22.7 Å². The van der Waals surface area contributed by atoms with Crippen molar-refractivity contribution in [3.63, 3.8) is 0 Å². The van der Waals surface area contributed by atoms with Gasteiger partial charge in [0.25, 0.3) is 36.0 Å². The number of methoxy groups -OCH3 is 2. The minimum atomic E-state index is -4.66. The molecule has 0 radical (unpaired) electrons. The van der Waals surface area contributed by atoms with Crippen molar-refractivity contribution in [3.8, 4) is 0 Å². The van der Waals surface area contributed by atoms with E-state index in [1.54, 1.807) is 32.6 Å². The van der Waals surface area contributed by atoms with E-state index in [9.17, 15) is 101 Å². The molecule has 44 nitrogen and oxygen atoms in total. The molecule has 678 valence electrons. The number of hydrogen-bond acceptors (Lipinski definition) is 42. The monoisotopic (exact) mass is 1820 g/mol. The normalized spacial score (nSPS) is 17.7. The number of hydrogen-bond donors (Lipinski definition) is 5. The number of primary sulfonamides is 1. The van der Waals surface area contributed by atoms with Crippen LogP contribution < -0.4 is 20.5 Å². The lowest BCUT2D eigenvalue weighted by Gasteiger charge is -2.32. The molecule has 4 rings (SSSR count). The second kappa shape index (κ2) is 50.6. The quantitative estimate of drug-likeness (QED) is 0.0208. The maximum atomic E-state index is 13.4. The predicted octanol–water partition coefficient (Wildman–Crippen LogP) is 1.75. The molecule has 2 aliphatic rings. The van der Waals surface area contributed by atoms with E-state index in [2.05, 4.69) is 20.3 Å². The third kappa shape index (κ3) is 34.1. The van der Waals surface area contributed by atoms with Gasteiger partial charge in [-0.3, -0.25) is 19.3 Å². The highest BCUT2D eigenvalue weighted by Crippen LogP contribution is 2.42. The molecule has 1 amide bonds. The number of nitrogens with one attached hydrogen (secondary N) is 3. The van der Waals surface area contributed by atoms with Crippen molar-refractivity contribution >= 4 is 146 Å². The standard InChI is InChI=1S/C34H51N3O18S3.C22H32O15.C12H21N3O5S3.CH4/c1-10-13-26(38)50-19(4)29(40)52-21(6)31(42)54-23(8)33(44)55-22(7)32(43)53-20(5)30(41)51-18(3)28(39)36-57(45,46)27-16-24-25(35-11-2)17-37(14-12-15-49-9)58(47,48)34(24)56-27;1-8-9-16(23)31-10(2)17(24)32-11(3)18(25)33-12(4)19(26)34-13(5)20(27)35-14(6)21(28)36-15(7)22(29)37-30;1-3-14-10-8-15(5-4-6-20-2)23(18,19)12-9(10)7-11(21-12)22(13,16)17;/h16,18-23,25,35H,10-15,17H2,1-9H3,(H,36,39);10-15,30H,8-9H2,1-7H3;7,10,14H,3-6,8H2,1-2H3,(H2,13,16,17);1H4/t18-,19-,20-,21-,22-,23-,25-;10-,11+,12+,13+,14+,15+;10-;/m000./s1. The summed E-state index contributed by atoms with van der Waals surface area (Å²) in [4.78, 5) is 173. The van der Waals surface area contributed by atoms with Crippen molar-refractivity contribution in [2.24, 2.45) is 5.14 Å². The molecule has 2 aliphatic heterocycles. The average Bonchev–Trinajstić information content (AvgIpc) is 1.61. The van der Waals surface area contributed by atoms with E-state index in [1.165, 1.54) is 48.6 Å². The molecule has 0 saturated heterocycles. The fourth-order valence-electron chi connectivity index (χ4n) is 9.51. The first kappa shape index (κ1) is 108. The van der Waals surface area contributed by atoms with Crippen molar-refractivity contribution in [3.05, 3.63) is 23.3 Å². The minimum Gasteiger partial charge on any atom is -0.451 e. The first-order valence-electron chi connectivity index (χ1n) is 36.5. The van der Waals surface area contributed by atoms with Crippen LogP contribution in [-0.4, -0.2) is 271 Å². The molecule has 4 heterocycles. The fourth-order valence-corrected chi connectivity index (χ4v) is 18.7. The van der Waals surface area contributed by atoms with Crippen LogP contribution in [-0.2, 0) is 178 Å². The second-order valence-electron chi connectivity index (χ2n) is 25.7. The third-order valence-corrected chi connectivity index (χ3v) is 26.2. The molecule has 2 aromatic heterocycles. The lowest BCUT2D eigenvalue weighted by Crippen LogP contribution is -2.43. The Bertz CT molecular complexity index is 4310. The summed E-state index contributed by atoms with van der Waals surface area (Å²) in [5.41, 5.74) is 0.698. The maximum Gasteiger partial charge on any atom is 0.381 e. The van der Waals surface area contributed by atoms with E-state index in [1.807, 2.05) is 6.92 Å². The molecule has 0 unspecified atom stereocenters. The van der Waals surface area contributed by atoms with E-state index >= 15 is 0 Å². The summed E-state index contributed by atoms with van der Waals surface area (Å²) in [6, 6.07) is 1.74. The molecular weight excluding hydrogens is 1710 g/mol. The Kier molecular flexibility index (Phi) is 46.2. The largest absolute Gasteiger partial charge is 0.451 e. The summed E-state index contributed by atoms with van der Waals surface area (Å²) < 4.78 is 174. The van der Waals surface area contributed by atoms with Gasteiger partial charge in [0.2, 0.25) is 10.0 Å². The Morgan fingerprint density at radius 3 is 0.941 bits per heavy atom. The molecule has 14 atom stereocenters. The van der Waals surface area contributed by atoms with Gasteiger partial charge in [0, 0.05) is 89.7 Å². The number of carbonyl (C=O) groups excluding carboxylic acids is 14. The zero-order chi connectivity index (χ0) is 90.2. The SMILES string of the molecule is C.CCCC(=O)O[C@@H](C)C(=O)O[C@@H](C)C(=O)O[C@@H](C)C(=O)O[C@@H](C)C(=O)O[C@@H](C)C(=O)O[C@@H](C)C(=O)NS(=O)(=O)c1cc2c(s1)S(=O)(=O)N(CCCOC)C[C@@H]2NCC.CCCC(=O)O[C@@H](C)C(=O)O[C@H](C)C(=O)O[C@H](C)C(=O)O[C@H](C)C(=O)O[C@H](C)C(=O)O[C@H](C)C(=O)OO.CCN[C@H]1CN(CCCOC)S(=O)(=O)c2sc(S(N)(=O)=O)cc21. The number of fused-ring (bicyclic) bond motifs is 2. The van der Waals surface area contributed by atoms with Gasteiger partial charge < -0.3 is 76.9 Å². The summed E-state index contributed by atoms with van der Waals surface area (Å²) in [5.74, 6) is -15.4. The second-order valence-corrected chi connectivity index (χ2v) is 35.8. The van der Waals surface area contributed by atoms with Crippen LogP contribution in [0.4, 0.5) is 0 Å². The topological polar surface area (TPSA) is 603 Å². The summed E-state index contributed by atoms with van der Waals surface area (Å²) in [6.07, 6.45) is -16.2. The van der Waals surface area contributed by atoms with Gasteiger partial charge in [-0.1, -0.05) is 35.1 Å². The van der Waals surface area contributed by atoms with Crippen molar-refractivity contribution in [2.75, 3.05) is 66.7 Å². The molecule has 0 saturated carbocycles. The van der Waals surface area contributed by atoms with Crippen LogP contribution in [0.2, 0.25) is 0 Å². The van der Waals surface area contributed by atoms with Crippen LogP contribution in [0.5, 0.6) is 0 Å². The first-order valence-corrected chi connectivity index (χ1v) is 44.0.